The minimum Gasteiger partial charge on any atom is -0.354 e. The molecule has 2 unspecified atom stereocenters. The molecule has 29 heavy (non-hydrogen) atoms. The van der Waals surface area contributed by atoms with Gasteiger partial charge in [0.05, 0.1) is 0 Å². The highest BCUT2D eigenvalue weighted by atomic mass is 16.2. The third kappa shape index (κ3) is 5.15. The molecule has 2 aromatic rings. The number of rotatable bonds is 6. The first-order chi connectivity index (χ1) is 13.7. The molecule has 0 aliphatic carbocycles. The second-order valence-electron chi connectivity index (χ2n) is 8.82. The van der Waals surface area contributed by atoms with Crippen LogP contribution < -0.4 is 5.32 Å². The predicted molar refractivity (Wildman–Crippen MR) is 116 cm³/mol. The Balaban J connectivity index is 1.57. The number of nitrogens with one attached hydrogen (secondary N) is 2. The zero-order valence-electron chi connectivity index (χ0n) is 18.3. The molecule has 1 saturated heterocycles. The van der Waals surface area contributed by atoms with Gasteiger partial charge in [-0.3, -0.25) is 14.5 Å². The molecule has 0 radical (unpaired) electrons. The maximum absolute atomic E-state index is 12.6. The van der Waals surface area contributed by atoms with Crippen LogP contribution in [0.25, 0.3) is 0 Å². The standard InChI is InChI=1S/C24H33N3O2/c1-15-10-16(2)13-27(12-15)14-21-8-6-20(7-9-21)11-25-24(29)23-17(3)22(19(5)28)18(4)26-23/h6-9,15-16,26H,10-14H2,1-5H3,(H,25,29). The monoisotopic (exact) mass is 395 g/mol. The van der Waals surface area contributed by atoms with Crippen LogP contribution in [0.3, 0.4) is 0 Å². The molecule has 156 valence electrons. The molecule has 1 aliphatic rings. The summed E-state index contributed by atoms with van der Waals surface area (Å²) >= 11 is 0. The van der Waals surface area contributed by atoms with Gasteiger partial charge in [0, 0.05) is 37.4 Å². The largest absolute Gasteiger partial charge is 0.354 e. The highest BCUT2D eigenvalue weighted by Gasteiger charge is 2.22. The summed E-state index contributed by atoms with van der Waals surface area (Å²) in [5.74, 6) is 1.32. The second kappa shape index (κ2) is 8.95. The summed E-state index contributed by atoms with van der Waals surface area (Å²) in [7, 11) is 0. The fraction of sp³-hybridized carbons (Fsp3) is 0.500. The van der Waals surface area contributed by atoms with Crippen molar-refractivity contribution in [2.75, 3.05) is 13.1 Å². The number of amides is 1. The van der Waals surface area contributed by atoms with E-state index in [2.05, 4.69) is 53.3 Å². The summed E-state index contributed by atoms with van der Waals surface area (Å²) in [5, 5.41) is 2.96. The lowest BCUT2D eigenvalue weighted by atomic mass is 9.91. The maximum Gasteiger partial charge on any atom is 0.268 e. The molecule has 3 rings (SSSR count). The predicted octanol–water partition coefficient (Wildman–Crippen LogP) is 4.24. The van der Waals surface area contributed by atoms with E-state index in [9.17, 15) is 9.59 Å². The van der Waals surface area contributed by atoms with Gasteiger partial charge < -0.3 is 10.3 Å². The van der Waals surface area contributed by atoms with Gasteiger partial charge in [-0.2, -0.15) is 0 Å². The molecule has 5 heteroatoms. The van der Waals surface area contributed by atoms with E-state index >= 15 is 0 Å². The highest BCUT2D eigenvalue weighted by molar-refractivity contribution is 6.02. The van der Waals surface area contributed by atoms with Crippen LogP contribution in [0.1, 0.15) is 70.4 Å². The first-order valence-corrected chi connectivity index (χ1v) is 10.5. The van der Waals surface area contributed by atoms with E-state index in [0.29, 0.717) is 23.4 Å². The van der Waals surface area contributed by atoms with Crippen molar-refractivity contribution in [2.24, 2.45) is 11.8 Å². The molecule has 1 aromatic carbocycles. The number of carbonyl (C=O) groups is 2. The van der Waals surface area contributed by atoms with Crippen molar-refractivity contribution in [1.82, 2.24) is 15.2 Å². The van der Waals surface area contributed by atoms with E-state index in [1.54, 1.807) is 0 Å². The quantitative estimate of drug-likeness (QED) is 0.719. The molecule has 1 aromatic heterocycles. The Morgan fingerprint density at radius 2 is 1.66 bits per heavy atom. The van der Waals surface area contributed by atoms with Crippen molar-refractivity contribution >= 4 is 11.7 Å². The van der Waals surface area contributed by atoms with E-state index in [1.807, 2.05) is 13.8 Å². The molecular weight excluding hydrogens is 362 g/mol. The number of nitrogens with zero attached hydrogens (tertiary/aromatic N) is 1. The van der Waals surface area contributed by atoms with Gasteiger partial charge in [-0.05, 0) is 55.7 Å². The third-order valence-corrected chi connectivity index (χ3v) is 5.84. The molecule has 0 saturated carbocycles. The zero-order valence-corrected chi connectivity index (χ0v) is 18.3. The van der Waals surface area contributed by atoms with Gasteiger partial charge in [-0.25, -0.2) is 0 Å². The lowest BCUT2D eigenvalue weighted by Gasteiger charge is -2.35. The molecule has 1 fully saturated rings. The minimum atomic E-state index is -0.182. The summed E-state index contributed by atoms with van der Waals surface area (Å²) in [6.07, 6.45) is 1.32. The number of aromatic amines is 1. The maximum atomic E-state index is 12.6. The van der Waals surface area contributed by atoms with Crippen LogP contribution in [0.4, 0.5) is 0 Å². The van der Waals surface area contributed by atoms with Crippen LogP contribution >= 0.6 is 0 Å². The number of carbonyl (C=O) groups excluding carboxylic acids is 2. The summed E-state index contributed by atoms with van der Waals surface area (Å²) in [6.45, 7) is 13.6. The van der Waals surface area contributed by atoms with Crippen molar-refractivity contribution < 1.29 is 9.59 Å². The normalized spacial score (nSPS) is 19.9. The summed E-state index contributed by atoms with van der Waals surface area (Å²) < 4.78 is 0. The number of aromatic nitrogens is 1. The van der Waals surface area contributed by atoms with Gasteiger partial charge in [-0.1, -0.05) is 38.1 Å². The fourth-order valence-electron chi connectivity index (χ4n) is 4.72. The summed E-state index contributed by atoms with van der Waals surface area (Å²) in [6, 6.07) is 8.48. The second-order valence-corrected chi connectivity index (χ2v) is 8.82. The minimum absolute atomic E-state index is 0.0246. The number of piperidine rings is 1. The SMILES string of the molecule is CC(=O)c1c(C)[nH]c(C(=O)NCc2ccc(CN3CC(C)CC(C)C3)cc2)c1C. The van der Waals surface area contributed by atoms with Crippen LogP contribution in [0.2, 0.25) is 0 Å². The molecule has 1 aliphatic heterocycles. The van der Waals surface area contributed by atoms with Crippen LogP contribution in [-0.2, 0) is 13.1 Å². The van der Waals surface area contributed by atoms with Gasteiger partial charge >= 0.3 is 0 Å². The topological polar surface area (TPSA) is 65.2 Å². The Hall–Kier alpha value is -2.40. The van der Waals surface area contributed by atoms with Crippen molar-refractivity contribution in [3.05, 3.63) is 57.9 Å². The molecule has 2 N–H and O–H groups in total. The Kier molecular flexibility index (Phi) is 6.58. The molecular formula is C24H33N3O2. The lowest BCUT2D eigenvalue weighted by Crippen LogP contribution is -2.38. The van der Waals surface area contributed by atoms with Crippen molar-refractivity contribution in [3.63, 3.8) is 0 Å². The zero-order chi connectivity index (χ0) is 21.1. The van der Waals surface area contributed by atoms with Crippen LogP contribution in [0.5, 0.6) is 0 Å². The first kappa shape index (κ1) is 21.3. The number of benzene rings is 1. The van der Waals surface area contributed by atoms with E-state index in [1.165, 1.54) is 32.0 Å². The highest BCUT2D eigenvalue weighted by Crippen LogP contribution is 2.22. The van der Waals surface area contributed by atoms with E-state index in [4.69, 9.17) is 0 Å². The average Bonchev–Trinajstić information content (AvgIpc) is 2.94. The number of hydrogen-bond acceptors (Lipinski definition) is 3. The molecule has 5 nitrogen and oxygen atoms in total. The van der Waals surface area contributed by atoms with Crippen LogP contribution in [-0.4, -0.2) is 34.7 Å². The van der Waals surface area contributed by atoms with Crippen LogP contribution in [0.15, 0.2) is 24.3 Å². The van der Waals surface area contributed by atoms with Crippen LogP contribution in [0, 0.1) is 25.7 Å². The Morgan fingerprint density at radius 3 is 2.21 bits per heavy atom. The summed E-state index contributed by atoms with van der Waals surface area (Å²) in [4.78, 5) is 29.9. The Bertz CT molecular complexity index is 872. The van der Waals surface area contributed by atoms with Crippen molar-refractivity contribution in [3.8, 4) is 0 Å². The molecule has 2 atom stereocenters. The number of Topliss-reactive ketones (excluding diaryl/α,β-unsaturated/α-hetero) is 1. The lowest BCUT2D eigenvalue weighted by molar-refractivity contribution is 0.0945. The molecule has 1 amide bonds. The Labute approximate surface area is 173 Å². The third-order valence-electron chi connectivity index (χ3n) is 5.84. The molecule has 2 heterocycles. The van der Waals surface area contributed by atoms with E-state index in [0.717, 1.165) is 29.6 Å². The molecule has 0 spiro atoms. The van der Waals surface area contributed by atoms with Gasteiger partial charge in [0.1, 0.15) is 5.69 Å². The number of likely N-dealkylation sites (tertiary alicyclic amines) is 1. The van der Waals surface area contributed by atoms with Gasteiger partial charge in [0.15, 0.2) is 5.78 Å². The molecule has 0 bridgehead atoms. The Morgan fingerprint density at radius 1 is 1.07 bits per heavy atom. The number of aryl methyl sites for hydroxylation is 1. The fourth-order valence-corrected chi connectivity index (χ4v) is 4.72. The van der Waals surface area contributed by atoms with Gasteiger partial charge in [0.25, 0.3) is 5.91 Å². The van der Waals surface area contributed by atoms with Gasteiger partial charge in [0.2, 0.25) is 0 Å². The summed E-state index contributed by atoms with van der Waals surface area (Å²) in [5.41, 5.74) is 4.91. The van der Waals surface area contributed by atoms with Crippen molar-refractivity contribution in [1.29, 1.82) is 0 Å². The average molecular weight is 396 g/mol. The number of hydrogen-bond donors (Lipinski definition) is 2. The first-order valence-electron chi connectivity index (χ1n) is 10.5. The van der Waals surface area contributed by atoms with E-state index < -0.39 is 0 Å². The van der Waals surface area contributed by atoms with Crippen molar-refractivity contribution in [2.45, 2.75) is 54.1 Å². The van der Waals surface area contributed by atoms with Gasteiger partial charge in [-0.15, -0.1) is 0 Å². The number of H-pyrrole nitrogens is 1. The van der Waals surface area contributed by atoms with E-state index in [-0.39, 0.29) is 11.7 Å². The number of ketones is 1. The smallest absolute Gasteiger partial charge is 0.268 e.